The van der Waals surface area contributed by atoms with Crippen LogP contribution in [0.25, 0.3) is 0 Å². The van der Waals surface area contributed by atoms with Crippen LogP contribution >= 0.6 is 11.3 Å². The molecule has 2 aromatic heterocycles. The summed E-state index contributed by atoms with van der Waals surface area (Å²) >= 11 is 1.44. The molecule has 0 radical (unpaired) electrons. The fraction of sp³-hybridized carbons (Fsp3) is 0.273. The summed E-state index contributed by atoms with van der Waals surface area (Å²) in [6, 6.07) is 2.21. The lowest BCUT2D eigenvalue weighted by atomic mass is 10.2. The zero-order chi connectivity index (χ0) is 14.8. The quantitative estimate of drug-likeness (QED) is 0.836. The van der Waals surface area contributed by atoms with Gasteiger partial charge in [0, 0.05) is 24.0 Å². The summed E-state index contributed by atoms with van der Waals surface area (Å²) in [6.07, 6.45) is 1.65. The number of nitrogens with one attached hydrogen (secondary N) is 1. The maximum absolute atomic E-state index is 11.9. The van der Waals surface area contributed by atoms with E-state index in [1.54, 1.807) is 6.20 Å². The van der Waals surface area contributed by atoms with Gasteiger partial charge in [-0.1, -0.05) is 6.92 Å². The number of sulfonamides is 1. The third-order valence-corrected chi connectivity index (χ3v) is 4.81. The Morgan fingerprint density at radius 3 is 2.85 bits per heavy atom. The van der Waals surface area contributed by atoms with Crippen molar-refractivity contribution in [2.45, 2.75) is 17.9 Å². The van der Waals surface area contributed by atoms with Crippen LogP contribution in [0.3, 0.4) is 0 Å². The van der Waals surface area contributed by atoms with E-state index in [4.69, 9.17) is 9.52 Å². The molecule has 108 valence electrons. The fourth-order valence-electron chi connectivity index (χ4n) is 1.45. The van der Waals surface area contributed by atoms with Crippen molar-refractivity contribution in [1.82, 2.24) is 9.71 Å². The highest BCUT2D eigenvalue weighted by atomic mass is 32.2. The summed E-state index contributed by atoms with van der Waals surface area (Å²) in [5, 5.41) is 10.9. The zero-order valence-corrected chi connectivity index (χ0v) is 12.1. The minimum atomic E-state index is -3.86. The van der Waals surface area contributed by atoms with Crippen LogP contribution in [0.4, 0.5) is 0 Å². The highest BCUT2D eigenvalue weighted by Gasteiger charge is 2.22. The third-order valence-electron chi connectivity index (χ3n) is 2.51. The average molecular weight is 316 g/mol. The van der Waals surface area contributed by atoms with E-state index in [1.807, 2.05) is 12.3 Å². The van der Waals surface area contributed by atoms with Gasteiger partial charge in [0.05, 0.1) is 5.01 Å². The van der Waals surface area contributed by atoms with Crippen LogP contribution in [-0.2, 0) is 10.0 Å². The van der Waals surface area contributed by atoms with Crippen LogP contribution < -0.4 is 4.72 Å². The first-order valence-corrected chi connectivity index (χ1v) is 7.98. The smallest absolute Gasteiger partial charge is 0.371 e. The highest BCUT2D eigenvalue weighted by molar-refractivity contribution is 7.89. The molecular formula is C11H12N2O5S2. The van der Waals surface area contributed by atoms with E-state index in [2.05, 4.69) is 9.71 Å². The SMILES string of the molecule is CC(CNS(=O)(=O)c1ccc(C(=O)O)o1)c1nccs1. The van der Waals surface area contributed by atoms with Crippen LogP contribution in [0.5, 0.6) is 0 Å². The Morgan fingerprint density at radius 2 is 2.30 bits per heavy atom. The van der Waals surface area contributed by atoms with Gasteiger partial charge in [-0.25, -0.2) is 22.9 Å². The Labute approximate surface area is 119 Å². The molecule has 2 N–H and O–H groups in total. The predicted octanol–water partition coefficient (Wildman–Crippen LogP) is 1.52. The monoisotopic (exact) mass is 316 g/mol. The Kier molecular flexibility index (Phi) is 4.21. The van der Waals surface area contributed by atoms with E-state index < -0.39 is 26.8 Å². The van der Waals surface area contributed by atoms with Gasteiger partial charge in [0.15, 0.2) is 0 Å². The predicted molar refractivity (Wildman–Crippen MR) is 71.4 cm³/mol. The van der Waals surface area contributed by atoms with Gasteiger partial charge in [-0.3, -0.25) is 0 Å². The first kappa shape index (κ1) is 14.7. The molecule has 2 aromatic rings. The molecule has 2 heterocycles. The third kappa shape index (κ3) is 3.24. The first-order chi connectivity index (χ1) is 9.40. The molecule has 1 unspecified atom stereocenters. The molecule has 20 heavy (non-hydrogen) atoms. The van der Waals surface area contributed by atoms with Crippen molar-refractivity contribution in [3.8, 4) is 0 Å². The number of carbonyl (C=O) groups is 1. The molecule has 9 heteroatoms. The Balaban J connectivity index is 2.05. The van der Waals surface area contributed by atoms with Crippen molar-refractivity contribution in [2.24, 2.45) is 0 Å². The lowest BCUT2D eigenvalue weighted by Gasteiger charge is -2.09. The van der Waals surface area contributed by atoms with Crippen LogP contribution in [-0.4, -0.2) is 31.0 Å². The molecule has 0 saturated heterocycles. The standard InChI is InChI=1S/C11H12N2O5S2/c1-7(10-12-4-5-19-10)6-13-20(16,17)9-3-2-8(18-9)11(14)15/h2-5,7,13H,6H2,1H3,(H,14,15). The molecule has 0 aliphatic rings. The molecule has 1 atom stereocenters. The summed E-state index contributed by atoms with van der Waals surface area (Å²) < 4.78 is 31.0. The summed E-state index contributed by atoms with van der Waals surface area (Å²) in [4.78, 5) is 14.7. The molecule has 0 aliphatic carbocycles. The first-order valence-electron chi connectivity index (χ1n) is 5.62. The van der Waals surface area contributed by atoms with Gasteiger partial charge in [0.25, 0.3) is 10.0 Å². The molecule has 2 rings (SSSR count). The zero-order valence-electron chi connectivity index (χ0n) is 10.4. The molecule has 0 bridgehead atoms. The fourth-order valence-corrected chi connectivity index (χ4v) is 3.21. The number of hydrogen-bond acceptors (Lipinski definition) is 6. The van der Waals surface area contributed by atoms with Gasteiger partial charge in [0.2, 0.25) is 10.9 Å². The van der Waals surface area contributed by atoms with E-state index in [1.165, 1.54) is 11.3 Å². The molecule has 0 fully saturated rings. The lowest BCUT2D eigenvalue weighted by molar-refractivity contribution is 0.0656. The number of aromatic carboxylic acids is 1. The average Bonchev–Trinajstić information content (AvgIpc) is 3.06. The Bertz CT molecular complexity index is 690. The Morgan fingerprint density at radius 1 is 1.55 bits per heavy atom. The second kappa shape index (κ2) is 5.73. The van der Waals surface area contributed by atoms with E-state index >= 15 is 0 Å². The van der Waals surface area contributed by atoms with Gasteiger partial charge in [-0.05, 0) is 12.1 Å². The topological polar surface area (TPSA) is 110 Å². The number of rotatable bonds is 6. The van der Waals surface area contributed by atoms with Crippen molar-refractivity contribution in [1.29, 1.82) is 0 Å². The van der Waals surface area contributed by atoms with Crippen molar-refractivity contribution >= 4 is 27.3 Å². The minimum Gasteiger partial charge on any atom is -0.475 e. The van der Waals surface area contributed by atoms with E-state index in [-0.39, 0.29) is 12.5 Å². The summed E-state index contributed by atoms with van der Waals surface area (Å²) in [6.45, 7) is 1.99. The molecule has 0 saturated carbocycles. The molecule has 0 aliphatic heterocycles. The van der Waals surface area contributed by atoms with Crippen molar-refractivity contribution in [3.63, 3.8) is 0 Å². The van der Waals surface area contributed by atoms with E-state index in [0.717, 1.165) is 17.1 Å². The second-order valence-electron chi connectivity index (χ2n) is 4.05. The maximum Gasteiger partial charge on any atom is 0.371 e. The van der Waals surface area contributed by atoms with Gasteiger partial charge in [0.1, 0.15) is 0 Å². The number of furan rings is 1. The lowest BCUT2D eigenvalue weighted by Crippen LogP contribution is -2.27. The molecule has 7 nitrogen and oxygen atoms in total. The molecular weight excluding hydrogens is 304 g/mol. The van der Waals surface area contributed by atoms with Crippen LogP contribution in [0.2, 0.25) is 0 Å². The number of thiazole rings is 1. The van der Waals surface area contributed by atoms with Gasteiger partial charge in [-0.2, -0.15) is 0 Å². The molecule has 0 amide bonds. The number of hydrogen-bond donors (Lipinski definition) is 2. The van der Waals surface area contributed by atoms with Gasteiger partial charge >= 0.3 is 5.97 Å². The molecule has 0 spiro atoms. The number of aromatic nitrogens is 1. The minimum absolute atomic E-state index is 0.0846. The van der Waals surface area contributed by atoms with Crippen molar-refractivity contribution in [3.05, 3.63) is 34.5 Å². The largest absolute Gasteiger partial charge is 0.475 e. The number of carboxylic acids is 1. The van der Waals surface area contributed by atoms with Crippen LogP contribution in [0, 0.1) is 0 Å². The van der Waals surface area contributed by atoms with Gasteiger partial charge < -0.3 is 9.52 Å². The maximum atomic E-state index is 11.9. The summed E-state index contributed by atoms with van der Waals surface area (Å²) in [5.74, 6) is -1.82. The highest BCUT2D eigenvalue weighted by Crippen LogP contribution is 2.18. The van der Waals surface area contributed by atoms with Crippen LogP contribution in [0.1, 0.15) is 28.4 Å². The Hall–Kier alpha value is -1.71. The molecule has 0 aromatic carbocycles. The second-order valence-corrected chi connectivity index (χ2v) is 6.67. The summed E-state index contributed by atoms with van der Waals surface area (Å²) in [7, 11) is -3.86. The van der Waals surface area contributed by atoms with Crippen molar-refractivity contribution in [2.75, 3.05) is 6.54 Å². The van der Waals surface area contributed by atoms with Crippen molar-refractivity contribution < 1.29 is 22.7 Å². The van der Waals surface area contributed by atoms with E-state index in [9.17, 15) is 13.2 Å². The normalized spacial score (nSPS) is 13.2. The van der Waals surface area contributed by atoms with Crippen LogP contribution in [0.15, 0.2) is 33.2 Å². The van der Waals surface area contributed by atoms with Gasteiger partial charge in [-0.15, -0.1) is 11.3 Å². The van der Waals surface area contributed by atoms with E-state index in [0.29, 0.717) is 0 Å². The number of nitrogens with zero attached hydrogens (tertiary/aromatic N) is 1. The summed E-state index contributed by atoms with van der Waals surface area (Å²) in [5.41, 5.74) is 0. The number of carboxylic acid groups (broad SMARTS) is 1.